The SMILES string of the molecule is CC(N)CN1NCc2ccc3c(c21)OC(O)CC3. The van der Waals surface area contributed by atoms with Crippen LogP contribution in [0.5, 0.6) is 5.75 Å². The summed E-state index contributed by atoms with van der Waals surface area (Å²) in [6.07, 6.45) is 0.823. The Balaban J connectivity index is 2.00. The quantitative estimate of drug-likeness (QED) is 0.712. The maximum Gasteiger partial charge on any atom is 0.197 e. The number of nitrogens with two attached hydrogens (primary N) is 1. The van der Waals surface area contributed by atoms with Gasteiger partial charge in [0.25, 0.3) is 0 Å². The molecular formula is C13H19N3O2. The highest BCUT2D eigenvalue weighted by Crippen LogP contribution is 2.41. The zero-order valence-corrected chi connectivity index (χ0v) is 10.5. The van der Waals surface area contributed by atoms with E-state index < -0.39 is 6.29 Å². The van der Waals surface area contributed by atoms with E-state index in [0.29, 0.717) is 6.42 Å². The zero-order chi connectivity index (χ0) is 12.7. The van der Waals surface area contributed by atoms with Crippen molar-refractivity contribution < 1.29 is 9.84 Å². The molecule has 2 aliphatic rings. The molecule has 5 heteroatoms. The van der Waals surface area contributed by atoms with Crippen molar-refractivity contribution in [3.8, 4) is 5.75 Å². The second-order valence-corrected chi connectivity index (χ2v) is 5.10. The van der Waals surface area contributed by atoms with Gasteiger partial charge in [0.05, 0.1) is 5.69 Å². The second-order valence-electron chi connectivity index (χ2n) is 5.10. The van der Waals surface area contributed by atoms with Gasteiger partial charge in [-0.2, -0.15) is 0 Å². The van der Waals surface area contributed by atoms with E-state index in [1.807, 2.05) is 11.9 Å². The molecule has 0 aromatic heterocycles. The minimum atomic E-state index is -0.693. The summed E-state index contributed by atoms with van der Waals surface area (Å²) in [6, 6.07) is 4.30. The van der Waals surface area contributed by atoms with Gasteiger partial charge >= 0.3 is 0 Å². The third-order valence-electron chi connectivity index (χ3n) is 3.41. The van der Waals surface area contributed by atoms with Crippen LogP contribution >= 0.6 is 0 Å². The lowest BCUT2D eigenvalue weighted by Gasteiger charge is -2.28. The molecule has 3 rings (SSSR count). The predicted octanol–water partition coefficient (Wildman–Crippen LogP) is 0.502. The van der Waals surface area contributed by atoms with Crippen molar-refractivity contribution in [1.29, 1.82) is 0 Å². The maximum absolute atomic E-state index is 9.67. The molecule has 0 bridgehead atoms. The lowest BCUT2D eigenvalue weighted by atomic mass is 10.0. The number of rotatable bonds is 2. The number of hydrogen-bond donors (Lipinski definition) is 3. The van der Waals surface area contributed by atoms with Gasteiger partial charge in [0.15, 0.2) is 12.0 Å². The molecule has 18 heavy (non-hydrogen) atoms. The minimum Gasteiger partial charge on any atom is -0.463 e. The Hall–Kier alpha value is -1.30. The Morgan fingerprint density at radius 3 is 3.11 bits per heavy atom. The highest BCUT2D eigenvalue weighted by molar-refractivity contribution is 5.69. The summed E-state index contributed by atoms with van der Waals surface area (Å²) < 4.78 is 5.62. The van der Waals surface area contributed by atoms with E-state index in [-0.39, 0.29) is 6.04 Å². The molecule has 0 saturated heterocycles. The lowest BCUT2D eigenvalue weighted by Crippen LogP contribution is -2.41. The summed E-state index contributed by atoms with van der Waals surface area (Å²) in [5.41, 5.74) is 12.6. The van der Waals surface area contributed by atoms with Crippen molar-refractivity contribution in [3.05, 3.63) is 23.3 Å². The number of anilines is 1. The number of aryl methyl sites for hydroxylation is 1. The molecule has 2 atom stereocenters. The summed E-state index contributed by atoms with van der Waals surface area (Å²) in [6.45, 7) is 3.49. The zero-order valence-electron chi connectivity index (χ0n) is 10.5. The van der Waals surface area contributed by atoms with Gasteiger partial charge in [-0.1, -0.05) is 12.1 Å². The third kappa shape index (κ3) is 1.94. The van der Waals surface area contributed by atoms with Crippen LogP contribution in [0.2, 0.25) is 0 Å². The smallest absolute Gasteiger partial charge is 0.197 e. The van der Waals surface area contributed by atoms with E-state index in [4.69, 9.17) is 10.5 Å². The number of nitrogens with one attached hydrogen (secondary N) is 1. The molecule has 2 heterocycles. The fourth-order valence-corrected chi connectivity index (χ4v) is 2.60. The van der Waals surface area contributed by atoms with Gasteiger partial charge in [-0.3, -0.25) is 0 Å². The van der Waals surface area contributed by atoms with E-state index in [9.17, 15) is 5.11 Å². The molecule has 98 valence electrons. The molecule has 0 aliphatic carbocycles. The highest BCUT2D eigenvalue weighted by Gasteiger charge is 2.29. The number of nitrogens with zero attached hydrogens (tertiary/aromatic N) is 1. The molecule has 0 saturated carbocycles. The van der Waals surface area contributed by atoms with Crippen molar-refractivity contribution in [2.75, 3.05) is 11.6 Å². The Kier molecular flexibility index (Phi) is 2.89. The highest BCUT2D eigenvalue weighted by atomic mass is 16.6. The first kappa shape index (κ1) is 11.8. The molecule has 5 nitrogen and oxygen atoms in total. The predicted molar refractivity (Wildman–Crippen MR) is 69.2 cm³/mol. The fourth-order valence-electron chi connectivity index (χ4n) is 2.60. The minimum absolute atomic E-state index is 0.0767. The normalized spacial score (nSPS) is 23.3. The number of fused-ring (bicyclic) bond motifs is 3. The summed E-state index contributed by atoms with van der Waals surface area (Å²) in [5.74, 6) is 0.817. The van der Waals surface area contributed by atoms with Crippen LogP contribution in [0.25, 0.3) is 0 Å². The molecule has 0 amide bonds. The molecule has 2 unspecified atom stereocenters. The van der Waals surface area contributed by atoms with Crippen LogP contribution < -0.4 is 20.9 Å². The monoisotopic (exact) mass is 249 g/mol. The van der Waals surface area contributed by atoms with Crippen LogP contribution in [-0.2, 0) is 13.0 Å². The number of hydrogen-bond acceptors (Lipinski definition) is 5. The standard InChI is InChI=1S/C13H19N3O2/c1-8(14)7-16-12-10(6-15-16)3-2-9-4-5-11(17)18-13(9)12/h2-3,8,11,15,17H,4-7,14H2,1H3. The van der Waals surface area contributed by atoms with Crippen LogP contribution in [0, 0.1) is 0 Å². The van der Waals surface area contributed by atoms with E-state index >= 15 is 0 Å². The summed E-state index contributed by atoms with van der Waals surface area (Å²) >= 11 is 0. The van der Waals surface area contributed by atoms with Crippen molar-refractivity contribution in [2.45, 2.75) is 38.6 Å². The van der Waals surface area contributed by atoms with E-state index in [0.717, 1.165) is 36.5 Å². The summed E-state index contributed by atoms with van der Waals surface area (Å²) in [4.78, 5) is 0. The van der Waals surface area contributed by atoms with Crippen LogP contribution in [0.15, 0.2) is 12.1 Å². The number of benzene rings is 1. The van der Waals surface area contributed by atoms with Gasteiger partial charge in [0, 0.05) is 25.6 Å². The summed E-state index contributed by atoms with van der Waals surface area (Å²) in [7, 11) is 0. The topological polar surface area (TPSA) is 70.8 Å². The molecular weight excluding hydrogens is 230 g/mol. The number of hydrazine groups is 1. The molecule has 2 aliphatic heterocycles. The van der Waals surface area contributed by atoms with Gasteiger partial charge in [-0.25, -0.2) is 5.43 Å². The van der Waals surface area contributed by atoms with Gasteiger partial charge in [0.1, 0.15) is 0 Å². The van der Waals surface area contributed by atoms with Crippen LogP contribution in [0.3, 0.4) is 0 Å². The number of aliphatic hydroxyl groups is 1. The second kappa shape index (κ2) is 4.42. The van der Waals surface area contributed by atoms with Crippen LogP contribution in [-0.4, -0.2) is 24.0 Å². The molecule has 1 aromatic carbocycles. The number of aliphatic hydroxyl groups excluding tert-OH is 1. The van der Waals surface area contributed by atoms with Crippen LogP contribution in [0.1, 0.15) is 24.5 Å². The fraction of sp³-hybridized carbons (Fsp3) is 0.538. The molecule has 0 spiro atoms. The van der Waals surface area contributed by atoms with Crippen molar-refractivity contribution in [2.24, 2.45) is 5.73 Å². The average molecular weight is 249 g/mol. The van der Waals surface area contributed by atoms with Crippen molar-refractivity contribution in [3.63, 3.8) is 0 Å². The van der Waals surface area contributed by atoms with Gasteiger partial charge in [-0.05, 0) is 24.5 Å². The Morgan fingerprint density at radius 2 is 2.33 bits per heavy atom. The first-order valence-electron chi connectivity index (χ1n) is 6.41. The van der Waals surface area contributed by atoms with Gasteiger partial charge in [0.2, 0.25) is 0 Å². The Labute approximate surface area is 107 Å². The third-order valence-corrected chi connectivity index (χ3v) is 3.41. The van der Waals surface area contributed by atoms with E-state index in [1.165, 1.54) is 5.56 Å². The lowest BCUT2D eigenvalue weighted by molar-refractivity contribution is -0.0312. The van der Waals surface area contributed by atoms with Crippen LogP contribution in [0.4, 0.5) is 5.69 Å². The Bertz CT molecular complexity index is 462. The molecule has 1 aromatic rings. The van der Waals surface area contributed by atoms with Crippen molar-refractivity contribution in [1.82, 2.24) is 5.43 Å². The van der Waals surface area contributed by atoms with Gasteiger partial charge < -0.3 is 20.6 Å². The molecule has 4 N–H and O–H groups in total. The van der Waals surface area contributed by atoms with E-state index in [2.05, 4.69) is 17.6 Å². The largest absolute Gasteiger partial charge is 0.463 e. The van der Waals surface area contributed by atoms with E-state index in [1.54, 1.807) is 0 Å². The maximum atomic E-state index is 9.67. The van der Waals surface area contributed by atoms with Gasteiger partial charge in [-0.15, -0.1) is 0 Å². The first-order chi connectivity index (χ1) is 8.65. The first-order valence-corrected chi connectivity index (χ1v) is 6.41. The number of ether oxygens (including phenoxy) is 1. The average Bonchev–Trinajstić information content (AvgIpc) is 2.72. The molecule has 0 radical (unpaired) electrons. The molecule has 0 fully saturated rings. The summed E-state index contributed by atoms with van der Waals surface area (Å²) in [5, 5.41) is 11.7. The van der Waals surface area contributed by atoms with Crippen molar-refractivity contribution >= 4 is 5.69 Å². The Morgan fingerprint density at radius 1 is 1.56 bits per heavy atom.